The van der Waals surface area contributed by atoms with Gasteiger partial charge in [0.2, 0.25) is 0 Å². The first-order chi connectivity index (χ1) is 12.6. The fraction of sp³-hybridized carbons (Fsp3) is 0.0952. The van der Waals surface area contributed by atoms with E-state index in [9.17, 15) is 4.79 Å². The van der Waals surface area contributed by atoms with Crippen LogP contribution in [0.4, 0.5) is 0 Å². The predicted octanol–water partition coefficient (Wildman–Crippen LogP) is 3.88. The molecule has 0 saturated carbocycles. The minimum absolute atomic E-state index is 0.466. The summed E-state index contributed by atoms with van der Waals surface area (Å²) < 4.78 is 12.7. The number of carbonyl (C=O) groups is 1. The van der Waals surface area contributed by atoms with E-state index in [-0.39, 0.29) is 0 Å². The third-order valence-corrected chi connectivity index (χ3v) is 4.60. The number of methoxy groups -OCH3 is 2. The third-order valence-electron chi connectivity index (χ3n) is 4.60. The van der Waals surface area contributed by atoms with Crippen LogP contribution < -0.4 is 15.2 Å². The molecular formula is C21H18N2O3. The summed E-state index contributed by atoms with van der Waals surface area (Å²) in [6.07, 6.45) is 1.95. The minimum atomic E-state index is -0.470. The number of benzene rings is 2. The maximum absolute atomic E-state index is 12.1. The molecule has 0 saturated heterocycles. The van der Waals surface area contributed by atoms with Gasteiger partial charge < -0.3 is 19.6 Å². The lowest BCUT2D eigenvalue weighted by Crippen LogP contribution is -2.11. The molecule has 0 aliphatic rings. The summed E-state index contributed by atoms with van der Waals surface area (Å²) in [7, 11) is 3.17. The number of amides is 1. The summed E-state index contributed by atoms with van der Waals surface area (Å²) in [6.45, 7) is 0. The molecule has 2 heterocycles. The monoisotopic (exact) mass is 346 g/mol. The van der Waals surface area contributed by atoms with Gasteiger partial charge in [0.1, 0.15) is 0 Å². The maximum atomic E-state index is 12.1. The molecule has 1 amide bonds. The topological polar surface area (TPSA) is 66.0 Å². The number of ether oxygens (including phenoxy) is 2. The molecule has 130 valence electrons. The number of nitrogens with zero attached hydrogens (tertiary/aromatic N) is 1. The SMILES string of the molecule is COc1ccc(-c2c(C(N)=O)cc3c4ccccc4ccn23)cc1OC. The molecule has 0 aliphatic heterocycles. The molecule has 0 spiro atoms. The van der Waals surface area contributed by atoms with Crippen molar-refractivity contribution in [3.05, 3.63) is 66.4 Å². The molecule has 0 atom stereocenters. The number of carbonyl (C=O) groups excluding carboxylic acids is 1. The Labute approximate surface area is 150 Å². The van der Waals surface area contributed by atoms with Crippen molar-refractivity contribution in [1.82, 2.24) is 4.40 Å². The van der Waals surface area contributed by atoms with Gasteiger partial charge in [-0.3, -0.25) is 4.79 Å². The summed E-state index contributed by atoms with van der Waals surface area (Å²) >= 11 is 0. The number of nitrogens with two attached hydrogens (primary N) is 1. The Balaban J connectivity index is 2.07. The first-order valence-electron chi connectivity index (χ1n) is 8.19. The molecule has 2 aromatic carbocycles. The standard InChI is InChI=1S/C21H18N2O3/c1-25-18-8-7-14(11-19(18)26-2)20-16(21(22)24)12-17-15-6-4-3-5-13(15)9-10-23(17)20/h3-12H,1-2H3,(H2,22,24). The van der Waals surface area contributed by atoms with Gasteiger partial charge in [0.05, 0.1) is 31.0 Å². The van der Waals surface area contributed by atoms with E-state index in [1.54, 1.807) is 14.2 Å². The highest BCUT2D eigenvalue weighted by molar-refractivity contribution is 6.06. The fourth-order valence-electron chi connectivity index (χ4n) is 3.38. The van der Waals surface area contributed by atoms with Crippen molar-refractivity contribution in [3.8, 4) is 22.8 Å². The van der Waals surface area contributed by atoms with Crippen LogP contribution in [0.25, 0.3) is 27.5 Å². The Morgan fingerprint density at radius 2 is 1.73 bits per heavy atom. The molecule has 26 heavy (non-hydrogen) atoms. The van der Waals surface area contributed by atoms with Gasteiger partial charge in [0.15, 0.2) is 11.5 Å². The largest absolute Gasteiger partial charge is 0.493 e. The second-order valence-corrected chi connectivity index (χ2v) is 6.00. The van der Waals surface area contributed by atoms with E-state index in [0.717, 1.165) is 27.5 Å². The number of rotatable bonds is 4. The zero-order chi connectivity index (χ0) is 18.3. The van der Waals surface area contributed by atoms with Crippen molar-refractivity contribution in [3.63, 3.8) is 0 Å². The van der Waals surface area contributed by atoms with E-state index >= 15 is 0 Å². The lowest BCUT2D eigenvalue weighted by atomic mass is 10.1. The quantitative estimate of drug-likeness (QED) is 0.610. The average Bonchev–Trinajstić information content (AvgIpc) is 3.07. The summed E-state index contributed by atoms with van der Waals surface area (Å²) in [5.41, 5.74) is 8.64. The van der Waals surface area contributed by atoms with E-state index in [0.29, 0.717) is 17.1 Å². The number of pyridine rings is 1. The first-order valence-corrected chi connectivity index (χ1v) is 8.19. The molecule has 5 nitrogen and oxygen atoms in total. The first kappa shape index (κ1) is 16.0. The number of fused-ring (bicyclic) bond motifs is 3. The zero-order valence-electron chi connectivity index (χ0n) is 14.5. The number of hydrogen-bond acceptors (Lipinski definition) is 3. The summed E-state index contributed by atoms with van der Waals surface area (Å²) in [5.74, 6) is 0.752. The van der Waals surface area contributed by atoms with Crippen LogP contribution in [0.2, 0.25) is 0 Å². The molecule has 0 unspecified atom stereocenters. The molecule has 0 fully saturated rings. The Kier molecular flexibility index (Phi) is 3.77. The number of primary amides is 1. The Morgan fingerprint density at radius 1 is 0.962 bits per heavy atom. The summed E-state index contributed by atoms with van der Waals surface area (Å²) in [4.78, 5) is 12.1. The van der Waals surface area contributed by atoms with E-state index < -0.39 is 5.91 Å². The van der Waals surface area contributed by atoms with Crippen molar-refractivity contribution in [2.75, 3.05) is 14.2 Å². The predicted molar refractivity (Wildman–Crippen MR) is 102 cm³/mol. The zero-order valence-corrected chi connectivity index (χ0v) is 14.5. The van der Waals surface area contributed by atoms with Crippen molar-refractivity contribution >= 4 is 22.2 Å². The minimum Gasteiger partial charge on any atom is -0.493 e. The van der Waals surface area contributed by atoms with E-state index in [1.165, 1.54) is 0 Å². The molecule has 4 aromatic rings. The van der Waals surface area contributed by atoms with Crippen LogP contribution in [0.15, 0.2) is 60.8 Å². The smallest absolute Gasteiger partial charge is 0.250 e. The molecule has 5 heteroatoms. The third kappa shape index (κ3) is 2.37. The van der Waals surface area contributed by atoms with Gasteiger partial charge in [0.25, 0.3) is 5.91 Å². The summed E-state index contributed by atoms with van der Waals surface area (Å²) in [6, 6.07) is 17.5. The van der Waals surface area contributed by atoms with Crippen LogP contribution in [0, 0.1) is 0 Å². The average molecular weight is 346 g/mol. The van der Waals surface area contributed by atoms with E-state index in [4.69, 9.17) is 15.2 Å². The van der Waals surface area contributed by atoms with Crippen LogP contribution in [0.3, 0.4) is 0 Å². The fourth-order valence-corrected chi connectivity index (χ4v) is 3.38. The van der Waals surface area contributed by atoms with Crippen LogP contribution in [-0.4, -0.2) is 24.5 Å². The van der Waals surface area contributed by atoms with Gasteiger partial charge >= 0.3 is 0 Å². The second-order valence-electron chi connectivity index (χ2n) is 6.00. The molecular weight excluding hydrogens is 328 g/mol. The molecule has 4 rings (SSSR count). The lowest BCUT2D eigenvalue weighted by Gasteiger charge is -2.11. The Morgan fingerprint density at radius 3 is 2.46 bits per heavy atom. The van der Waals surface area contributed by atoms with Crippen molar-refractivity contribution in [2.45, 2.75) is 0 Å². The highest BCUT2D eigenvalue weighted by Gasteiger charge is 2.19. The van der Waals surface area contributed by atoms with Gasteiger partial charge in [-0.25, -0.2) is 0 Å². The lowest BCUT2D eigenvalue weighted by molar-refractivity contribution is 0.100. The van der Waals surface area contributed by atoms with Gasteiger partial charge in [-0.05, 0) is 35.7 Å². The van der Waals surface area contributed by atoms with E-state index in [1.807, 2.05) is 65.2 Å². The highest BCUT2D eigenvalue weighted by Crippen LogP contribution is 2.36. The molecule has 2 aromatic heterocycles. The van der Waals surface area contributed by atoms with Gasteiger partial charge in [-0.15, -0.1) is 0 Å². The van der Waals surface area contributed by atoms with Gasteiger partial charge in [-0.1, -0.05) is 24.3 Å². The molecule has 0 radical (unpaired) electrons. The number of hydrogen-bond donors (Lipinski definition) is 1. The van der Waals surface area contributed by atoms with Gasteiger partial charge in [-0.2, -0.15) is 0 Å². The van der Waals surface area contributed by atoms with Crippen LogP contribution >= 0.6 is 0 Å². The van der Waals surface area contributed by atoms with Crippen molar-refractivity contribution in [1.29, 1.82) is 0 Å². The second kappa shape index (κ2) is 6.11. The Hall–Kier alpha value is -3.47. The normalized spacial score (nSPS) is 11.0. The van der Waals surface area contributed by atoms with E-state index in [2.05, 4.69) is 0 Å². The van der Waals surface area contributed by atoms with Crippen molar-refractivity contribution < 1.29 is 14.3 Å². The number of aromatic nitrogens is 1. The van der Waals surface area contributed by atoms with Crippen LogP contribution in [-0.2, 0) is 0 Å². The maximum Gasteiger partial charge on any atom is 0.250 e. The van der Waals surface area contributed by atoms with Crippen LogP contribution in [0.1, 0.15) is 10.4 Å². The molecule has 0 bridgehead atoms. The van der Waals surface area contributed by atoms with Crippen molar-refractivity contribution in [2.24, 2.45) is 5.73 Å². The highest BCUT2D eigenvalue weighted by atomic mass is 16.5. The molecule has 2 N–H and O–H groups in total. The van der Waals surface area contributed by atoms with Crippen LogP contribution in [0.5, 0.6) is 11.5 Å². The molecule has 0 aliphatic carbocycles. The summed E-state index contributed by atoms with van der Waals surface area (Å²) in [5, 5.41) is 2.16. The van der Waals surface area contributed by atoms with Gasteiger partial charge in [0, 0.05) is 17.1 Å². The Bertz CT molecular complexity index is 1140.